The van der Waals surface area contributed by atoms with E-state index in [1.807, 2.05) is 6.92 Å². The summed E-state index contributed by atoms with van der Waals surface area (Å²) in [5.74, 6) is 0. The van der Waals surface area contributed by atoms with E-state index in [2.05, 4.69) is 4.74 Å². The van der Waals surface area contributed by atoms with Gasteiger partial charge in [-0.2, -0.15) is 13.2 Å². The van der Waals surface area contributed by atoms with Crippen molar-refractivity contribution in [3.05, 3.63) is 0 Å². The highest BCUT2D eigenvalue weighted by Gasteiger charge is 2.30. The Morgan fingerprint density at radius 1 is 1.25 bits per heavy atom. The highest BCUT2D eigenvalue weighted by Crippen LogP contribution is 2.26. The molecule has 0 saturated carbocycles. The molecule has 0 aliphatic heterocycles. The Morgan fingerprint density at radius 3 is 2.25 bits per heavy atom. The zero-order valence-corrected chi connectivity index (χ0v) is 9.52. The lowest BCUT2D eigenvalue weighted by molar-refractivity contribution is -0.175. The molecule has 0 fully saturated rings. The first-order valence-corrected chi connectivity index (χ1v) is 5.34. The summed E-state index contributed by atoms with van der Waals surface area (Å²) in [6.45, 7) is 0.804. The van der Waals surface area contributed by atoms with Gasteiger partial charge in [0.25, 0.3) is 0 Å². The Hall–Kier alpha value is -0.330. The van der Waals surface area contributed by atoms with Crippen LogP contribution in [0.5, 0.6) is 0 Å². The molecule has 1 atom stereocenters. The third-order valence-corrected chi connectivity index (χ3v) is 2.59. The highest BCUT2D eigenvalue weighted by atomic mass is 19.4. The van der Waals surface area contributed by atoms with Gasteiger partial charge in [-0.3, -0.25) is 0 Å². The summed E-state index contributed by atoms with van der Waals surface area (Å²) < 4.78 is 39.9. The molecule has 0 aromatic rings. The zero-order valence-electron chi connectivity index (χ0n) is 9.52. The number of rotatable bonds is 8. The molecule has 0 aliphatic rings. The van der Waals surface area contributed by atoms with Crippen LogP contribution in [0.3, 0.4) is 0 Å². The number of aliphatic hydroxyl groups excluding tert-OH is 1. The summed E-state index contributed by atoms with van der Waals surface area (Å²) in [5.41, 5.74) is 5.03. The van der Waals surface area contributed by atoms with E-state index in [1.54, 1.807) is 0 Å². The van der Waals surface area contributed by atoms with Crippen molar-refractivity contribution in [2.24, 2.45) is 11.1 Å². The third-order valence-electron chi connectivity index (χ3n) is 2.59. The van der Waals surface area contributed by atoms with Crippen molar-refractivity contribution in [2.45, 2.75) is 32.4 Å². The van der Waals surface area contributed by atoms with Gasteiger partial charge in [-0.15, -0.1) is 0 Å². The summed E-state index contributed by atoms with van der Waals surface area (Å²) in [5, 5.41) is 9.21. The molecular formula is C10H20F3NO2. The van der Waals surface area contributed by atoms with Gasteiger partial charge in [0.05, 0.1) is 0 Å². The van der Waals surface area contributed by atoms with Crippen molar-refractivity contribution in [1.29, 1.82) is 0 Å². The summed E-state index contributed by atoms with van der Waals surface area (Å²) >= 11 is 0. The van der Waals surface area contributed by atoms with Crippen molar-refractivity contribution in [3.8, 4) is 0 Å². The Labute approximate surface area is 93.8 Å². The number of alkyl halides is 3. The van der Waals surface area contributed by atoms with Crippen LogP contribution in [0.15, 0.2) is 0 Å². The molecule has 0 spiro atoms. The fraction of sp³-hybridized carbons (Fsp3) is 1.00. The molecule has 3 nitrogen and oxygen atoms in total. The number of hydrogen-bond donors (Lipinski definition) is 2. The number of nitrogens with two attached hydrogens (primary N) is 1. The molecule has 16 heavy (non-hydrogen) atoms. The number of aliphatic hydroxyl groups is 1. The molecule has 6 heteroatoms. The fourth-order valence-corrected chi connectivity index (χ4v) is 1.56. The molecule has 98 valence electrons. The summed E-state index contributed by atoms with van der Waals surface area (Å²) in [4.78, 5) is 0. The van der Waals surface area contributed by atoms with Gasteiger partial charge < -0.3 is 15.6 Å². The minimum atomic E-state index is -4.30. The van der Waals surface area contributed by atoms with E-state index >= 15 is 0 Å². The van der Waals surface area contributed by atoms with Crippen LogP contribution in [-0.2, 0) is 4.74 Å². The molecule has 1 unspecified atom stereocenters. The van der Waals surface area contributed by atoms with Crippen LogP contribution in [0.4, 0.5) is 13.2 Å². The minimum absolute atomic E-state index is 0.0305. The largest absolute Gasteiger partial charge is 0.411 e. The molecule has 0 heterocycles. The van der Waals surface area contributed by atoms with E-state index in [0.29, 0.717) is 12.8 Å². The van der Waals surface area contributed by atoms with Crippen LogP contribution in [0, 0.1) is 5.41 Å². The van der Waals surface area contributed by atoms with Gasteiger partial charge in [0.1, 0.15) is 6.61 Å². The van der Waals surface area contributed by atoms with Gasteiger partial charge in [-0.25, -0.2) is 0 Å². The van der Waals surface area contributed by atoms with Gasteiger partial charge in [0.2, 0.25) is 0 Å². The second-order valence-electron chi connectivity index (χ2n) is 4.03. The van der Waals surface area contributed by atoms with Crippen LogP contribution < -0.4 is 5.73 Å². The molecule has 0 amide bonds. The zero-order chi connectivity index (χ0) is 12.7. The van der Waals surface area contributed by atoms with Crippen molar-refractivity contribution >= 4 is 0 Å². The van der Waals surface area contributed by atoms with Gasteiger partial charge in [-0.1, -0.05) is 13.3 Å². The average molecular weight is 243 g/mol. The molecule has 0 saturated heterocycles. The fourth-order valence-electron chi connectivity index (χ4n) is 1.56. The SMILES string of the molecule is CCCC(CN)(CO)CCOCC(F)(F)F. The van der Waals surface area contributed by atoms with Gasteiger partial charge in [0, 0.05) is 25.2 Å². The minimum Gasteiger partial charge on any atom is -0.396 e. The normalized spacial score (nSPS) is 16.1. The number of ether oxygens (including phenoxy) is 1. The van der Waals surface area contributed by atoms with Crippen molar-refractivity contribution in [3.63, 3.8) is 0 Å². The first kappa shape index (κ1) is 15.7. The van der Waals surface area contributed by atoms with E-state index in [0.717, 1.165) is 6.42 Å². The number of halogens is 3. The summed E-state index contributed by atoms with van der Waals surface area (Å²) in [6.07, 6.45) is -2.42. The second-order valence-corrected chi connectivity index (χ2v) is 4.03. The topological polar surface area (TPSA) is 55.5 Å². The van der Waals surface area contributed by atoms with E-state index < -0.39 is 18.2 Å². The molecule has 0 radical (unpaired) electrons. The number of hydrogen-bond acceptors (Lipinski definition) is 3. The van der Waals surface area contributed by atoms with Crippen LogP contribution in [-0.4, -0.2) is 37.6 Å². The van der Waals surface area contributed by atoms with Crippen molar-refractivity contribution < 1.29 is 23.0 Å². The summed E-state index contributed by atoms with van der Waals surface area (Å²) in [6, 6.07) is 0. The van der Waals surface area contributed by atoms with E-state index in [4.69, 9.17) is 5.73 Å². The van der Waals surface area contributed by atoms with E-state index in [-0.39, 0.29) is 19.8 Å². The third kappa shape index (κ3) is 6.30. The maximum absolute atomic E-state index is 11.8. The molecule has 0 bridgehead atoms. The van der Waals surface area contributed by atoms with E-state index in [1.165, 1.54) is 0 Å². The highest BCUT2D eigenvalue weighted by molar-refractivity contribution is 4.79. The summed E-state index contributed by atoms with van der Waals surface area (Å²) in [7, 11) is 0. The Bertz CT molecular complexity index is 181. The molecule has 0 aromatic carbocycles. The van der Waals surface area contributed by atoms with E-state index in [9.17, 15) is 18.3 Å². The average Bonchev–Trinajstić information content (AvgIpc) is 2.21. The predicted molar refractivity (Wildman–Crippen MR) is 55.0 cm³/mol. The lowest BCUT2D eigenvalue weighted by Crippen LogP contribution is -2.35. The van der Waals surface area contributed by atoms with Crippen LogP contribution in [0.1, 0.15) is 26.2 Å². The molecule has 0 aliphatic carbocycles. The smallest absolute Gasteiger partial charge is 0.396 e. The van der Waals surface area contributed by atoms with Gasteiger partial charge in [0.15, 0.2) is 0 Å². The standard InChI is InChI=1S/C10H20F3NO2/c1-2-3-9(6-14,7-15)4-5-16-8-10(11,12)13/h15H,2-8,14H2,1H3. The predicted octanol–water partition coefficient (Wildman–Crippen LogP) is 1.69. The first-order valence-electron chi connectivity index (χ1n) is 5.34. The Balaban J connectivity index is 3.93. The van der Waals surface area contributed by atoms with Crippen molar-refractivity contribution in [1.82, 2.24) is 0 Å². The van der Waals surface area contributed by atoms with Crippen LogP contribution in [0.2, 0.25) is 0 Å². The molecule has 3 N–H and O–H groups in total. The maximum atomic E-state index is 11.8. The molecule has 0 rings (SSSR count). The van der Waals surface area contributed by atoms with Gasteiger partial charge in [-0.05, 0) is 12.8 Å². The van der Waals surface area contributed by atoms with Crippen LogP contribution in [0.25, 0.3) is 0 Å². The lowest BCUT2D eigenvalue weighted by atomic mass is 9.81. The maximum Gasteiger partial charge on any atom is 0.411 e. The quantitative estimate of drug-likeness (QED) is 0.638. The monoisotopic (exact) mass is 243 g/mol. The Morgan fingerprint density at radius 2 is 1.88 bits per heavy atom. The Kier molecular flexibility index (Phi) is 6.94. The van der Waals surface area contributed by atoms with Crippen molar-refractivity contribution in [2.75, 3.05) is 26.4 Å². The van der Waals surface area contributed by atoms with Crippen LogP contribution >= 0.6 is 0 Å². The molecular weight excluding hydrogens is 223 g/mol. The first-order chi connectivity index (χ1) is 7.39. The molecule has 0 aromatic heterocycles. The second kappa shape index (κ2) is 7.09. The van der Waals surface area contributed by atoms with Gasteiger partial charge >= 0.3 is 6.18 Å². The lowest BCUT2D eigenvalue weighted by Gasteiger charge is -2.30.